The molecule has 0 saturated carbocycles. The predicted molar refractivity (Wildman–Crippen MR) is 107 cm³/mol. The molecular formula is C22H24FN3O3. The summed E-state index contributed by atoms with van der Waals surface area (Å²) in [6.07, 6.45) is 0.815. The molecule has 6 nitrogen and oxygen atoms in total. The molecule has 1 saturated heterocycles. The summed E-state index contributed by atoms with van der Waals surface area (Å²) in [6, 6.07) is 12.3. The Hall–Kier alpha value is -2.93. The van der Waals surface area contributed by atoms with Crippen molar-refractivity contribution < 1.29 is 19.1 Å². The Bertz CT molecular complexity index is 918. The van der Waals surface area contributed by atoms with E-state index in [-0.39, 0.29) is 36.5 Å². The summed E-state index contributed by atoms with van der Waals surface area (Å²) in [4.78, 5) is 29.2. The number of aliphatic hydroxyl groups excluding tert-OH is 1. The van der Waals surface area contributed by atoms with E-state index in [0.717, 1.165) is 17.7 Å². The Morgan fingerprint density at radius 1 is 1.17 bits per heavy atom. The number of fused-ring (bicyclic) bond motifs is 3. The van der Waals surface area contributed by atoms with Gasteiger partial charge in [-0.2, -0.15) is 0 Å². The zero-order valence-electron chi connectivity index (χ0n) is 16.2. The Balaban J connectivity index is 1.68. The summed E-state index contributed by atoms with van der Waals surface area (Å²) in [7, 11) is 0. The summed E-state index contributed by atoms with van der Waals surface area (Å²) in [6.45, 7) is 2.72. The van der Waals surface area contributed by atoms with Crippen molar-refractivity contribution in [3.63, 3.8) is 0 Å². The van der Waals surface area contributed by atoms with Crippen LogP contribution in [0, 0.1) is 5.82 Å². The van der Waals surface area contributed by atoms with Gasteiger partial charge in [-0.15, -0.1) is 0 Å². The number of carbonyl (C=O) groups excluding carboxylic acids is 2. The molecule has 0 spiro atoms. The smallest absolute Gasteiger partial charge is 0.318 e. The average molecular weight is 397 g/mol. The van der Waals surface area contributed by atoms with Crippen LogP contribution in [0.25, 0.3) is 0 Å². The van der Waals surface area contributed by atoms with E-state index in [0.29, 0.717) is 18.7 Å². The highest BCUT2D eigenvalue weighted by Gasteiger charge is 2.55. The Morgan fingerprint density at radius 3 is 2.59 bits per heavy atom. The molecule has 2 aromatic rings. The summed E-state index contributed by atoms with van der Waals surface area (Å²) < 4.78 is 13.3. The maximum absolute atomic E-state index is 13.3. The van der Waals surface area contributed by atoms with Crippen molar-refractivity contribution in [3.05, 3.63) is 65.5 Å². The van der Waals surface area contributed by atoms with Crippen LogP contribution in [0.15, 0.2) is 48.5 Å². The molecule has 152 valence electrons. The van der Waals surface area contributed by atoms with Crippen molar-refractivity contribution in [2.45, 2.75) is 31.3 Å². The third kappa shape index (κ3) is 3.25. The van der Waals surface area contributed by atoms with Crippen molar-refractivity contribution in [1.29, 1.82) is 0 Å². The van der Waals surface area contributed by atoms with Crippen molar-refractivity contribution in [3.8, 4) is 0 Å². The van der Waals surface area contributed by atoms with Crippen LogP contribution < -0.4 is 10.2 Å². The molecule has 2 N–H and O–H groups in total. The van der Waals surface area contributed by atoms with Crippen LogP contribution in [0.2, 0.25) is 0 Å². The van der Waals surface area contributed by atoms with Crippen LogP contribution in [0.3, 0.4) is 0 Å². The monoisotopic (exact) mass is 397 g/mol. The normalized spacial score (nSPS) is 22.4. The fraction of sp³-hybridized carbons (Fsp3) is 0.364. The molecule has 3 amide bonds. The molecule has 2 aromatic carbocycles. The number of nitrogens with zero attached hydrogens (tertiary/aromatic N) is 2. The molecule has 0 bridgehead atoms. The maximum atomic E-state index is 13.3. The Labute approximate surface area is 168 Å². The van der Waals surface area contributed by atoms with Gasteiger partial charge in [0.2, 0.25) is 0 Å². The largest absolute Gasteiger partial charge is 0.394 e. The van der Waals surface area contributed by atoms with Gasteiger partial charge < -0.3 is 20.2 Å². The number of amides is 3. The van der Waals surface area contributed by atoms with E-state index in [4.69, 9.17) is 0 Å². The molecule has 3 atom stereocenters. The Morgan fingerprint density at radius 2 is 1.90 bits per heavy atom. The molecule has 2 aliphatic heterocycles. The van der Waals surface area contributed by atoms with Crippen molar-refractivity contribution >= 4 is 17.6 Å². The lowest BCUT2D eigenvalue weighted by atomic mass is 9.72. The first-order valence-corrected chi connectivity index (χ1v) is 9.90. The van der Waals surface area contributed by atoms with Gasteiger partial charge in [-0.25, -0.2) is 9.18 Å². The van der Waals surface area contributed by atoms with Gasteiger partial charge in [0.05, 0.1) is 18.7 Å². The van der Waals surface area contributed by atoms with Gasteiger partial charge in [-0.3, -0.25) is 4.79 Å². The van der Waals surface area contributed by atoms with E-state index in [1.165, 1.54) is 24.3 Å². The highest BCUT2D eigenvalue weighted by molar-refractivity contribution is 6.07. The SMILES string of the molecule is CCCNC(=O)N1[C@H](CO)[C@@H]2c3ccccc3N(C(=O)c3ccc(F)cc3)C[C@@H]21. The van der Waals surface area contributed by atoms with Gasteiger partial charge >= 0.3 is 6.03 Å². The second-order valence-electron chi connectivity index (χ2n) is 7.46. The van der Waals surface area contributed by atoms with Crippen LogP contribution in [-0.2, 0) is 0 Å². The van der Waals surface area contributed by atoms with E-state index in [1.807, 2.05) is 31.2 Å². The molecule has 4 rings (SSSR count). The number of carbonyl (C=O) groups is 2. The highest BCUT2D eigenvalue weighted by atomic mass is 19.1. The summed E-state index contributed by atoms with van der Waals surface area (Å²) in [5.74, 6) is -0.665. The van der Waals surface area contributed by atoms with Gasteiger partial charge in [-0.1, -0.05) is 25.1 Å². The van der Waals surface area contributed by atoms with Crippen LogP contribution in [0.4, 0.5) is 14.9 Å². The number of nitrogens with one attached hydrogen (secondary N) is 1. The number of likely N-dealkylation sites (tertiary alicyclic amines) is 1. The zero-order valence-corrected chi connectivity index (χ0v) is 16.2. The molecule has 0 aromatic heterocycles. The van der Waals surface area contributed by atoms with Gasteiger partial charge in [-0.05, 0) is 42.3 Å². The fourth-order valence-electron chi connectivity index (χ4n) is 4.43. The first kappa shape index (κ1) is 19.4. The number of aliphatic hydroxyl groups is 1. The maximum Gasteiger partial charge on any atom is 0.318 e. The molecule has 29 heavy (non-hydrogen) atoms. The molecule has 0 unspecified atom stereocenters. The standard InChI is InChI=1S/C22H24FN3O3/c1-2-11-24-22(29)26-18-12-25(21(28)14-7-9-15(23)10-8-14)17-6-4-3-5-16(17)20(18)19(26)13-27/h3-10,18-20,27H,2,11-13H2,1H3,(H,24,29)/t18-,19+,20+/m0/s1. The third-order valence-corrected chi connectivity index (χ3v) is 5.78. The molecular weight excluding hydrogens is 373 g/mol. The van der Waals surface area contributed by atoms with Crippen LogP contribution in [0.5, 0.6) is 0 Å². The topological polar surface area (TPSA) is 72.9 Å². The third-order valence-electron chi connectivity index (χ3n) is 5.78. The number of anilines is 1. The second kappa shape index (κ2) is 7.83. The predicted octanol–water partition coefficient (Wildman–Crippen LogP) is 2.73. The van der Waals surface area contributed by atoms with Gasteiger partial charge in [0.15, 0.2) is 0 Å². The van der Waals surface area contributed by atoms with Gasteiger partial charge in [0.1, 0.15) is 5.82 Å². The first-order valence-electron chi connectivity index (χ1n) is 9.90. The van der Waals surface area contributed by atoms with Gasteiger partial charge in [0, 0.05) is 30.3 Å². The molecule has 0 aliphatic carbocycles. The number of hydrogen-bond donors (Lipinski definition) is 2. The minimum Gasteiger partial charge on any atom is -0.394 e. The number of para-hydroxylation sites is 1. The van der Waals surface area contributed by atoms with Crippen molar-refractivity contribution in [1.82, 2.24) is 10.2 Å². The summed E-state index contributed by atoms with van der Waals surface area (Å²) in [5, 5.41) is 12.8. The Kier molecular flexibility index (Phi) is 5.24. The molecule has 7 heteroatoms. The fourth-order valence-corrected chi connectivity index (χ4v) is 4.43. The van der Waals surface area contributed by atoms with E-state index in [9.17, 15) is 19.1 Å². The van der Waals surface area contributed by atoms with Crippen LogP contribution in [0.1, 0.15) is 35.2 Å². The quantitative estimate of drug-likeness (QED) is 0.833. The summed E-state index contributed by atoms with van der Waals surface area (Å²) >= 11 is 0. The molecule has 2 aliphatic rings. The number of halogens is 1. The van der Waals surface area contributed by atoms with Crippen LogP contribution >= 0.6 is 0 Å². The van der Waals surface area contributed by atoms with E-state index in [2.05, 4.69) is 5.32 Å². The van der Waals surface area contributed by atoms with Gasteiger partial charge in [0.25, 0.3) is 5.91 Å². The molecule has 2 heterocycles. The lowest BCUT2D eigenvalue weighted by molar-refractivity contribution is -0.00750. The number of benzene rings is 2. The number of urea groups is 1. The van der Waals surface area contributed by atoms with Crippen molar-refractivity contribution in [2.24, 2.45) is 0 Å². The van der Waals surface area contributed by atoms with Crippen LogP contribution in [-0.4, -0.2) is 53.7 Å². The van der Waals surface area contributed by atoms with E-state index >= 15 is 0 Å². The number of hydrogen-bond acceptors (Lipinski definition) is 3. The zero-order chi connectivity index (χ0) is 20.5. The van der Waals surface area contributed by atoms with Crippen molar-refractivity contribution in [2.75, 3.05) is 24.6 Å². The second-order valence-corrected chi connectivity index (χ2v) is 7.46. The molecule has 0 radical (unpaired) electrons. The highest BCUT2D eigenvalue weighted by Crippen LogP contribution is 2.48. The lowest BCUT2D eigenvalue weighted by Gasteiger charge is -2.58. The molecule has 1 fully saturated rings. The summed E-state index contributed by atoms with van der Waals surface area (Å²) in [5.41, 5.74) is 2.10. The number of rotatable bonds is 4. The average Bonchev–Trinajstić information content (AvgIpc) is 2.72. The lowest BCUT2D eigenvalue weighted by Crippen LogP contribution is -2.72. The minimum atomic E-state index is -0.399. The van der Waals surface area contributed by atoms with E-state index in [1.54, 1.807) is 9.80 Å². The first-order chi connectivity index (χ1) is 14.1. The van der Waals surface area contributed by atoms with E-state index < -0.39 is 5.82 Å². The minimum absolute atomic E-state index is 0.0270.